The van der Waals surface area contributed by atoms with Gasteiger partial charge in [-0.25, -0.2) is 0 Å². The fourth-order valence-corrected chi connectivity index (χ4v) is 3.52. The van der Waals surface area contributed by atoms with Gasteiger partial charge < -0.3 is 13.9 Å². The van der Waals surface area contributed by atoms with Gasteiger partial charge in [-0.05, 0) is 64.8 Å². The van der Waals surface area contributed by atoms with Crippen LogP contribution in [0.5, 0.6) is 17.2 Å². The molecule has 0 aliphatic rings. The van der Waals surface area contributed by atoms with Gasteiger partial charge >= 0.3 is 5.97 Å². The molecule has 156 valence electrons. The summed E-state index contributed by atoms with van der Waals surface area (Å²) in [5.41, 5.74) is 0.777. The van der Waals surface area contributed by atoms with Crippen LogP contribution >= 0.6 is 27.5 Å². The third-order valence-corrected chi connectivity index (χ3v) is 5.44. The van der Waals surface area contributed by atoms with Crippen molar-refractivity contribution in [1.82, 2.24) is 0 Å². The lowest BCUT2D eigenvalue weighted by atomic mass is 10.1. The SMILES string of the molecule is Cc1oc2cc(OC(=O)Cc3ccc(Cl)cc3)ccc2c(=O)c1Oc1ccccc1Br. The summed E-state index contributed by atoms with van der Waals surface area (Å²) >= 11 is 9.26. The van der Waals surface area contributed by atoms with Crippen LogP contribution in [0, 0.1) is 6.92 Å². The number of benzene rings is 3. The highest BCUT2D eigenvalue weighted by Gasteiger charge is 2.16. The van der Waals surface area contributed by atoms with Crippen LogP contribution in [0.3, 0.4) is 0 Å². The van der Waals surface area contributed by atoms with E-state index >= 15 is 0 Å². The molecule has 0 saturated carbocycles. The number of ether oxygens (including phenoxy) is 2. The van der Waals surface area contributed by atoms with E-state index in [9.17, 15) is 9.59 Å². The molecule has 0 bridgehead atoms. The van der Waals surface area contributed by atoms with E-state index in [1.54, 1.807) is 49.4 Å². The molecular weight excluding hydrogens is 484 g/mol. The molecule has 0 aliphatic heterocycles. The number of para-hydroxylation sites is 1. The molecule has 1 heterocycles. The molecule has 0 N–H and O–H groups in total. The van der Waals surface area contributed by atoms with Crippen LogP contribution in [-0.2, 0) is 11.2 Å². The number of hydrogen-bond acceptors (Lipinski definition) is 5. The van der Waals surface area contributed by atoms with Gasteiger partial charge in [0.05, 0.1) is 16.3 Å². The third-order valence-electron chi connectivity index (χ3n) is 4.53. The molecule has 0 saturated heterocycles. The quantitative estimate of drug-likeness (QED) is 0.233. The number of carbonyl (C=O) groups is 1. The number of hydrogen-bond donors (Lipinski definition) is 0. The van der Waals surface area contributed by atoms with Gasteiger partial charge in [-0.1, -0.05) is 35.9 Å². The van der Waals surface area contributed by atoms with Gasteiger partial charge in [-0.2, -0.15) is 0 Å². The largest absolute Gasteiger partial charge is 0.457 e. The van der Waals surface area contributed by atoms with E-state index in [0.717, 1.165) is 10.0 Å². The Hall–Kier alpha value is -3.09. The van der Waals surface area contributed by atoms with Crippen LogP contribution in [0.15, 0.2) is 80.4 Å². The molecule has 1 aromatic heterocycles. The smallest absolute Gasteiger partial charge is 0.315 e. The highest BCUT2D eigenvalue weighted by molar-refractivity contribution is 9.10. The van der Waals surface area contributed by atoms with Crippen LogP contribution in [0.4, 0.5) is 0 Å². The zero-order valence-corrected chi connectivity index (χ0v) is 18.7. The topological polar surface area (TPSA) is 65.7 Å². The molecule has 4 rings (SSSR count). The first-order valence-corrected chi connectivity index (χ1v) is 10.5. The minimum Gasteiger partial charge on any atom is -0.457 e. The Labute approximate surface area is 191 Å². The van der Waals surface area contributed by atoms with E-state index in [4.69, 9.17) is 25.5 Å². The van der Waals surface area contributed by atoms with Gasteiger partial charge in [0, 0.05) is 11.1 Å². The van der Waals surface area contributed by atoms with E-state index in [-0.39, 0.29) is 23.3 Å². The van der Waals surface area contributed by atoms with Crippen LogP contribution in [0.2, 0.25) is 5.02 Å². The van der Waals surface area contributed by atoms with Crippen molar-refractivity contribution in [2.24, 2.45) is 0 Å². The Morgan fingerprint density at radius 1 is 1.06 bits per heavy atom. The first-order chi connectivity index (χ1) is 14.9. The van der Waals surface area contributed by atoms with Crippen molar-refractivity contribution in [3.63, 3.8) is 0 Å². The predicted octanol–water partition coefficient (Wildman–Crippen LogP) is 6.46. The van der Waals surface area contributed by atoms with Gasteiger partial charge in [-0.3, -0.25) is 9.59 Å². The van der Waals surface area contributed by atoms with Gasteiger partial charge in [0.2, 0.25) is 11.2 Å². The number of rotatable bonds is 5. The second-order valence-corrected chi connectivity index (χ2v) is 8.08. The summed E-state index contributed by atoms with van der Waals surface area (Å²) in [4.78, 5) is 25.2. The molecule has 4 aromatic rings. The summed E-state index contributed by atoms with van der Waals surface area (Å²) in [7, 11) is 0. The maximum atomic E-state index is 12.9. The summed E-state index contributed by atoms with van der Waals surface area (Å²) in [5.74, 6) is 0.776. The number of esters is 1. The predicted molar refractivity (Wildman–Crippen MR) is 122 cm³/mol. The zero-order chi connectivity index (χ0) is 22.0. The van der Waals surface area contributed by atoms with Crippen LogP contribution in [-0.4, -0.2) is 5.97 Å². The van der Waals surface area contributed by atoms with E-state index in [2.05, 4.69) is 15.9 Å². The molecule has 7 heteroatoms. The van der Waals surface area contributed by atoms with Crippen LogP contribution < -0.4 is 14.9 Å². The van der Waals surface area contributed by atoms with Crippen molar-refractivity contribution in [3.8, 4) is 17.2 Å². The first kappa shape index (κ1) is 21.2. The highest BCUT2D eigenvalue weighted by atomic mass is 79.9. The average molecular weight is 500 g/mol. The maximum Gasteiger partial charge on any atom is 0.315 e. The van der Waals surface area contributed by atoms with Crippen molar-refractivity contribution in [2.75, 3.05) is 0 Å². The normalized spacial score (nSPS) is 10.8. The lowest BCUT2D eigenvalue weighted by Gasteiger charge is -2.11. The third kappa shape index (κ3) is 4.81. The second kappa shape index (κ2) is 8.96. The Bertz CT molecular complexity index is 1330. The Morgan fingerprint density at radius 3 is 2.55 bits per heavy atom. The summed E-state index contributed by atoms with van der Waals surface area (Å²) in [6, 6.07) is 18.8. The molecule has 0 fully saturated rings. The molecular formula is C24H16BrClO5. The van der Waals surface area contributed by atoms with Crippen molar-refractivity contribution < 1.29 is 18.7 Å². The molecule has 0 amide bonds. The molecule has 3 aromatic carbocycles. The first-order valence-electron chi connectivity index (χ1n) is 9.35. The molecule has 0 radical (unpaired) electrons. The lowest BCUT2D eigenvalue weighted by Crippen LogP contribution is -2.12. The van der Waals surface area contributed by atoms with Crippen molar-refractivity contribution in [2.45, 2.75) is 13.3 Å². The summed E-state index contributed by atoms with van der Waals surface area (Å²) in [6.45, 7) is 1.65. The fourth-order valence-electron chi connectivity index (χ4n) is 3.02. The lowest BCUT2D eigenvalue weighted by molar-refractivity contribution is -0.133. The van der Waals surface area contributed by atoms with Gasteiger partial charge in [-0.15, -0.1) is 0 Å². The van der Waals surface area contributed by atoms with Gasteiger partial charge in [0.15, 0.2) is 0 Å². The molecule has 0 unspecified atom stereocenters. The van der Waals surface area contributed by atoms with E-state index < -0.39 is 5.97 Å². The van der Waals surface area contributed by atoms with Gasteiger partial charge in [0.25, 0.3) is 0 Å². The van der Waals surface area contributed by atoms with Crippen molar-refractivity contribution in [1.29, 1.82) is 0 Å². The minimum absolute atomic E-state index is 0.0942. The molecule has 31 heavy (non-hydrogen) atoms. The second-order valence-electron chi connectivity index (χ2n) is 6.78. The number of carbonyl (C=O) groups excluding carboxylic acids is 1. The summed E-state index contributed by atoms with van der Waals surface area (Å²) < 4.78 is 17.7. The number of fused-ring (bicyclic) bond motifs is 1. The fraction of sp³-hybridized carbons (Fsp3) is 0.0833. The molecule has 0 aliphatic carbocycles. The monoisotopic (exact) mass is 498 g/mol. The number of aryl methyl sites for hydroxylation is 1. The Morgan fingerprint density at radius 2 is 1.81 bits per heavy atom. The summed E-state index contributed by atoms with van der Waals surface area (Å²) in [6.07, 6.45) is 0.0942. The Kier molecular flexibility index (Phi) is 6.11. The van der Waals surface area contributed by atoms with Crippen LogP contribution in [0.25, 0.3) is 11.0 Å². The summed E-state index contributed by atoms with van der Waals surface area (Å²) in [5, 5.41) is 0.921. The molecule has 0 spiro atoms. The van der Waals surface area contributed by atoms with Crippen molar-refractivity contribution in [3.05, 3.63) is 97.8 Å². The van der Waals surface area contributed by atoms with E-state index in [1.165, 1.54) is 6.07 Å². The minimum atomic E-state index is -0.436. The molecule has 5 nitrogen and oxygen atoms in total. The van der Waals surface area contributed by atoms with E-state index in [0.29, 0.717) is 27.5 Å². The average Bonchev–Trinajstić information content (AvgIpc) is 2.74. The van der Waals surface area contributed by atoms with Crippen LogP contribution in [0.1, 0.15) is 11.3 Å². The Balaban J connectivity index is 1.58. The maximum absolute atomic E-state index is 12.9. The van der Waals surface area contributed by atoms with Crippen molar-refractivity contribution >= 4 is 44.5 Å². The van der Waals surface area contributed by atoms with Gasteiger partial charge in [0.1, 0.15) is 22.8 Å². The highest BCUT2D eigenvalue weighted by Crippen LogP contribution is 2.31. The van der Waals surface area contributed by atoms with E-state index in [1.807, 2.05) is 18.2 Å². The molecule has 0 atom stereocenters. The standard InChI is InChI=1S/C24H16BrClO5/c1-14-24(31-20-5-3-2-4-19(20)25)23(28)18-11-10-17(13-21(18)29-14)30-22(27)12-15-6-8-16(26)9-7-15/h2-11,13H,12H2,1H3. The zero-order valence-electron chi connectivity index (χ0n) is 16.4. The number of halogens is 2.